The van der Waals surface area contributed by atoms with Crippen LogP contribution in [0.1, 0.15) is 24.1 Å². The van der Waals surface area contributed by atoms with E-state index >= 15 is 0 Å². The molecule has 0 aliphatic carbocycles. The van der Waals surface area contributed by atoms with Gasteiger partial charge < -0.3 is 10.2 Å². The summed E-state index contributed by atoms with van der Waals surface area (Å²) >= 11 is 0. The average molecular weight is 251 g/mol. The molecule has 3 aromatic rings. The molecule has 1 aromatic heterocycles. The van der Waals surface area contributed by atoms with Gasteiger partial charge in [0.1, 0.15) is 11.3 Å². The number of hydrogen-bond donors (Lipinski definition) is 1. The Morgan fingerprint density at radius 1 is 1.05 bits per heavy atom. The molecule has 0 aliphatic heterocycles. The van der Waals surface area contributed by atoms with E-state index in [1.807, 2.05) is 25.1 Å². The van der Waals surface area contributed by atoms with Crippen LogP contribution in [-0.4, -0.2) is 0 Å². The quantitative estimate of drug-likeness (QED) is 0.731. The standard InChI is InChI=1S/C17H17NO/c1-11-7-8-16-13(9-11)10-17(19-16)15-6-4-3-5-14(15)12(2)18/h3-10,12H,18H2,1-2H3. The summed E-state index contributed by atoms with van der Waals surface area (Å²) in [5.74, 6) is 0.883. The summed E-state index contributed by atoms with van der Waals surface area (Å²) in [6, 6.07) is 16.4. The van der Waals surface area contributed by atoms with E-state index in [4.69, 9.17) is 10.2 Å². The third-order valence-corrected chi connectivity index (χ3v) is 3.39. The summed E-state index contributed by atoms with van der Waals surface area (Å²) in [4.78, 5) is 0. The van der Waals surface area contributed by atoms with Crippen LogP contribution >= 0.6 is 0 Å². The van der Waals surface area contributed by atoms with Crippen LogP contribution in [0, 0.1) is 6.92 Å². The Bertz CT molecular complexity index is 725. The van der Waals surface area contributed by atoms with Gasteiger partial charge in [0.25, 0.3) is 0 Å². The second kappa shape index (κ2) is 4.56. The second-order valence-corrected chi connectivity index (χ2v) is 5.03. The lowest BCUT2D eigenvalue weighted by Gasteiger charge is -2.10. The molecule has 2 nitrogen and oxygen atoms in total. The number of benzene rings is 2. The summed E-state index contributed by atoms with van der Waals surface area (Å²) in [7, 11) is 0. The molecule has 2 N–H and O–H groups in total. The number of rotatable bonds is 2. The van der Waals surface area contributed by atoms with Crippen LogP contribution in [0.5, 0.6) is 0 Å². The van der Waals surface area contributed by atoms with Crippen LogP contribution in [0.15, 0.2) is 52.9 Å². The van der Waals surface area contributed by atoms with Crippen LogP contribution in [-0.2, 0) is 0 Å². The van der Waals surface area contributed by atoms with Gasteiger partial charge in [-0.05, 0) is 37.6 Å². The lowest BCUT2D eigenvalue weighted by atomic mass is 10.00. The molecule has 96 valence electrons. The van der Waals surface area contributed by atoms with Crippen LogP contribution < -0.4 is 5.73 Å². The Balaban J connectivity index is 2.19. The Morgan fingerprint density at radius 2 is 1.84 bits per heavy atom. The first-order valence-corrected chi connectivity index (χ1v) is 6.50. The first kappa shape index (κ1) is 12.0. The molecular weight excluding hydrogens is 234 g/mol. The van der Waals surface area contributed by atoms with Crippen molar-refractivity contribution in [1.82, 2.24) is 0 Å². The highest BCUT2D eigenvalue weighted by molar-refractivity contribution is 5.84. The van der Waals surface area contributed by atoms with E-state index in [-0.39, 0.29) is 6.04 Å². The zero-order chi connectivity index (χ0) is 13.4. The Morgan fingerprint density at radius 3 is 2.63 bits per heavy atom. The van der Waals surface area contributed by atoms with Gasteiger partial charge in [0, 0.05) is 17.0 Å². The van der Waals surface area contributed by atoms with Crippen LogP contribution in [0.25, 0.3) is 22.3 Å². The van der Waals surface area contributed by atoms with Gasteiger partial charge in [0.05, 0.1) is 0 Å². The highest BCUT2D eigenvalue weighted by Gasteiger charge is 2.12. The van der Waals surface area contributed by atoms with E-state index in [1.165, 1.54) is 5.56 Å². The zero-order valence-electron chi connectivity index (χ0n) is 11.2. The maximum atomic E-state index is 6.03. The molecule has 0 aliphatic rings. The van der Waals surface area contributed by atoms with Crippen LogP contribution in [0.4, 0.5) is 0 Å². The van der Waals surface area contributed by atoms with Crippen molar-refractivity contribution in [2.45, 2.75) is 19.9 Å². The lowest BCUT2D eigenvalue weighted by Crippen LogP contribution is -2.06. The summed E-state index contributed by atoms with van der Waals surface area (Å²) in [6.45, 7) is 4.08. The molecule has 2 heteroatoms. The Kier molecular flexibility index (Phi) is 2.88. The maximum absolute atomic E-state index is 6.03. The molecule has 1 heterocycles. The molecule has 19 heavy (non-hydrogen) atoms. The first-order valence-electron chi connectivity index (χ1n) is 6.50. The highest BCUT2D eigenvalue weighted by atomic mass is 16.3. The van der Waals surface area contributed by atoms with Crippen LogP contribution in [0.3, 0.4) is 0 Å². The minimum atomic E-state index is -0.00820. The summed E-state index contributed by atoms with van der Waals surface area (Å²) < 4.78 is 5.94. The van der Waals surface area contributed by atoms with Gasteiger partial charge in [-0.25, -0.2) is 0 Å². The minimum absolute atomic E-state index is 0.00820. The molecule has 0 amide bonds. The predicted octanol–water partition coefficient (Wildman–Crippen LogP) is 4.43. The van der Waals surface area contributed by atoms with E-state index in [9.17, 15) is 0 Å². The normalized spacial score (nSPS) is 12.8. The summed E-state index contributed by atoms with van der Waals surface area (Å²) in [5, 5.41) is 1.13. The fourth-order valence-corrected chi connectivity index (χ4v) is 2.41. The minimum Gasteiger partial charge on any atom is -0.456 e. The van der Waals surface area contributed by atoms with Crippen molar-refractivity contribution in [3.05, 3.63) is 59.7 Å². The molecule has 2 aromatic carbocycles. The van der Waals surface area contributed by atoms with Gasteiger partial charge in [-0.1, -0.05) is 35.9 Å². The monoisotopic (exact) mass is 251 g/mol. The van der Waals surface area contributed by atoms with Crippen molar-refractivity contribution in [1.29, 1.82) is 0 Å². The largest absolute Gasteiger partial charge is 0.456 e. The first-order chi connectivity index (χ1) is 9.15. The fourth-order valence-electron chi connectivity index (χ4n) is 2.41. The molecular formula is C17H17NO. The third-order valence-electron chi connectivity index (χ3n) is 3.39. The van der Waals surface area contributed by atoms with Crippen molar-refractivity contribution in [3.8, 4) is 11.3 Å². The van der Waals surface area contributed by atoms with E-state index < -0.39 is 0 Å². The van der Waals surface area contributed by atoms with Gasteiger partial charge in [-0.2, -0.15) is 0 Å². The van der Waals surface area contributed by atoms with Gasteiger partial charge >= 0.3 is 0 Å². The smallest absolute Gasteiger partial charge is 0.135 e. The van der Waals surface area contributed by atoms with Gasteiger partial charge in [-0.3, -0.25) is 0 Å². The molecule has 0 radical (unpaired) electrons. The fraction of sp³-hybridized carbons (Fsp3) is 0.176. The van der Waals surface area contributed by atoms with E-state index in [0.29, 0.717) is 0 Å². The molecule has 1 atom stereocenters. The highest BCUT2D eigenvalue weighted by Crippen LogP contribution is 2.32. The lowest BCUT2D eigenvalue weighted by molar-refractivity contribution is 0.629. The molecule has 0 saturated heterocycles. The number of hydrogen-bond acceptors (Lipinski definition) is 2. The number of nitrogens with two attached hydrogens (primary N) is 1. The van der Waals surface area contributed by atoms with Gasteiger partial charge in [-0.15, -0.1) is 0 Å². The summed E-state index contributed by atoms with van der Waals surface area (Å²) in [6.07, 6.45) is 0. The van der Waals surface area contributed by atoms with Crippen molar-refractivity contribution in [2.75, 3.05) is 0 Å². The van der Waals surface area contributed by atoms with Crippen LogP contribution in [0.2, 0.25) is 0 Å². The Hall–Kier alpha value is -2.06. The SMILES string of the molecule is Cc1ccc2oc(-c3ccccc3C(C)N)cc2c1. The number of aryl methyl sites for hydroxylation is 1. The van der Waals surface area contributed by atoms with Crippen molar-refractivity contribution < 1.29 is 4.42 Å². The van der Waals surface area contributed by atoms with E-state index in [1.54, 1.807) is 0 Å². The summed E-state index contributed by atoms with van der Waals surface area (Å²) in [5.41, 5.74) is 10.4. The number of furan rings is 1. The zero-order valence-corrected chi connectivity index (χ0v) is 11.2. The average Bonchev–Trinajstić information content (AvgIpc) is 2.81. The van der Waals surface area contributed by atoms with Crippen molar-refractivity contribution in [3.63, 3.8) is 0 Å². The third kappa shape index (κ3) is 2.15. The Labute approximate surface area is 112 Å². The second-order valence-electron chi connectivity index (χ2n) is 5.03. The molecule has 0 spiro atoms. The van der Waals surface area contributed by atoms with Gasteiger partial charge in [0.2, 0.25) is 0 Å². The van der Waals surface area contributed by atoms with E-state index in [2.05, 4.69) is 37.3 Å². The number of fused-ring (bicyclic) bond motifs is 1. The molecule has 0 saturated carbocycles. The molecule has 3 rings (SSSR count). The van der Waals surface area contributed by atoms with E-state index in [0.717, 1.165) is 27.9 Å². The molecule has 1 unspecified atom stereocenters. The maximum Gasteiger partial charge on any atom is 0.135 e. The van der Waals surface area contributed by atoms with Crippen molar-refractivity contribution >= 4 is 11.0 Å². The molecule has 0 bridgehead atoms. The van der Waals surface area contributed by atoms with Gasteiger partial charge in [0.15, 0.2) is 0 Å². The predicted molar refractivity (Wildman–Crippen MR) is 79.0 cm³/mol. The molecule has 0 fully saturated rings. The topological polar surface area (TPSA) is 39.2 Å². The van der Waals surface area contributed by atoms with Crippen molar-refractivity contribution in [2.24, 2.45) is 5.73 Å².